The summed E-state index contributed by atoms with van der Waals surface area (Å²) in [5.74, 6) is 0.490. The number of hydrogen-bond donors (Lipinski definition) is 1. The van der Waals surface area contributed by atoms with Crippen molar-refractivity contribution in [1.82, 2.24) is 25.5 Å². The molecule has 21 heavy (non-hydrogen) atoms. The molecule has 1 N–H and O–H groups in total. The highest BCUT2D eigenvalue weighted by Crippen LogP contribution is 2.28. The van der Waals surface area contributed by atoms with Crippen LogP contribution in [0, 0.1) is 5.82 Å². The predicted molar refractivity (Wildman–Crippen MR) is 79.4 cm³/mol. The highest BCUT2D eigenvalue weighted by atomic mass is 19.1. The van der Waals surface area contributed by atoms with Crippen LogP contribution in [0.5, 0.6) is 0 Å². The van der Waals surface area contributed by atoms with Gasteiger partial charge >= 0.3 is 0 Å². The van der Waals surface area contributed by atoms with Crippen LogP contribution in [-0.2, 0) is 18.9 Å². The molecule has 0 fully saturated rings. The minimum Gasteiger partial charge on any atom is -0.313 e. The van der Waals surface area contributed by atoms with Crippen molar-refractivity contribution in [2.24, 2.45) is 7.05 Å². The zero-order valence-electron chi connectivity index (χ0n) is 13.0. The average Bonchev–Trinajstić information content (AvgIpc) is 2.84. The second-order valence-corrected chi connectivity index (χ2v) is 5.74. The molecule has 1 unspecified atom stereocenters. The van der Waals surface area contributed by atoms with E-state index in [1.165, 1.54) is 16.9 Å². The maximum atomic E-state index is 13.1. The van der Waals surface area contributed by atoms with Crippen molar-refractivity contribution in [2.75, 3.05) is 6.54 Å². The molecule has 0 aliphatic heterocycles. The molecule has 1 aromatic carbocycles. The van der Waals surface area contributed by atoms with Crippen molar-refractivity contribution in [3.63, 3.8) is 0 Å². The van der Waals surface area contributed by atoms with Crippen LogP contribution in [0.3, 0.4) is 0 Å². The van der Waals surface area contributed by atoms with Gasteiger partial charge < -0.3 is 5.32 Å². The standard InChI is InChI=1S/C15H22FN5/c1-5-17-13(10-14-18-20-21(4)19-14)15(2,3)11-6-8-12(16)9-7-11/h6-9,13,17H,5,10H2,1-4H3. The van der Waals surface area contributed by atoms with E-state index in [4.69, 9.17) is 0 Å². The van der Waals surface area contributed by atoms with E-state index < -0.39 is 0 Å². The van der Waals surface area contributed by atoms with Gasteiger partial charge in [0.15, 0.2) is 5.82 Å². The Labute approximate surface area is 124 Å². The van der Waals surface area contributed by atoms with Crippen molar-refractivity contribution in [3.8, 4) is 0 Å². The van der Waals surface area contributed by atoms with E-state index in [2.05, 4.69) is 41.5 Å². The highest BCUT2D eigenvalue weighted by Gasteiger charge is 2.32. The minimum atomic E-state index is -0.217. The number of rotatable bonds is 6. The molecule has 2 aromatic rings. The first-order valence-electron chi connectivity index (χ1n) is 7.15. The summed E-state index contributed by atoms with van der Waals surface area (Å²) >= 11 is 0. The molecule has 2 rings (SSSR count). The summed E-state index contributed by atoms with van der Waals surface area (Å²) in [7, 11) is 1.75. The quantitative estimate of drug-likeness (QED) is 0.882. The lowest BCUT2D eigenvalue weighted by Gasteiger charge is -2.35. The monoisotopic (exact) mass is 291 g/mol. The molecule has 1 atom stereocenters. The summed E-state index contributed by atoms with van der Waals surface area (Å²) in [6.45, 7) is 7.20. The van der Waals surface area contributed by atoms with Crippen LogP contribution in [0.15, 0.2) is 24.3 Å². The summed E-state index contributed by atoms with van der Waals surface area (Å²) in [5.41, 5.74) is 0.904. The van der Waals surface area contributed by atoms with Gasteiger partial charge in [-0.3, -0.25) is 0 Å². The number of halogens is 1. The fourth-order valence-electron chi connectivity index (χ4n) is 2.50. The normalized spacial score (nSPS) is 13.4. The Hall–Kier alpha value is -1.82. The lowest BCUT2D eigenvalue weighted by Crippen LogP contribution is -2.46. The van der Waals surface area contributed by atoms with Crippen LogP contribution in [0.4, 0.5) is 4.39 Å². The minimum absolute atomic E-state index is 0.136. The number of nitrogens with zero attached hydrogens (tertiary/aromatic N) is 4. The molecule has 0 spiro atoms. The van der Waals surface area contributed by atoms with Crippen LogP contribution in [0.1, 0.15) is 32.2 Å². The van der Waals surface area contributed by atoms with Gasteiger partial charge in [-0.15, -0.1) is 10.2 Å². The summed E-state index contributed by atoms with van der Waals surface area (Å²) in [5, 5.41) is 15.7. The largest absolute Gasteiger partial charge is 0.313 e. The Morgan fingerprint density at radius 1 is 1.29 bits per heavy atom. The van der Waals surface area contributed by atoms with Gasteiger partial charge in [-0.1, -0.05) is 32.9 Å². The summed E-state index contributed by atoms with van der Waals surface area (Å²) in [6.07, 6.45) is 0.673. The Kier molecular flexibility index (Phi) is 4.67. The predicted octanol–water partition coefficient (Wildman–Crippen LogP) is 1.85. The van der Waals surface area contributed by atoms with Gasteiger partial charge in [-0.25, -0.2) is 4.39 Å². The number of tetrazole rings is 1. The summed E-state index contributed by atoms with van der Waals surface area (Å²) < 4.78 is 13.1. The summed E-state index contributed by atoms with van der Waals surface area (Å²) in [6, 6.07) is 6.81. The average molecular weight is 291 g/mol. The zero-order valence-corrected chi connectivity index (χ0v) is 13.0. The van der Waals surface area contributed by atoms with Crippen molar-refractivity contribution in [1.29, 1.82) is 0 Å². The van der Waals surface area contributed by atoms with E-state index in [0.29, 0.717) is 12.2 Å². The van der Waals surface area contributed by atoms with Crippen molar-refractivity contribution in [3.05, 3.63) is 41.5 Å². The van der Waals surface area contributed by atoms with Gasteiger partial charge in [0.05, 0.1) is 7.05 Å². The number of nitrogens with one attached hydrogen (secondary N) is 1. The topological polar surface area (TPSA) is 55.6 Å². The number of aryl methyl sites for hydroxylation is 1. The van der Waals surface area contributed by atoms with Crippen LogP contribution in [0.2, 0.25) is 0 Å². The Morgan fingerprint density at radius 2 is 1.95 bits per heavy atom. The molecular weight excluding hydrogens is 269 g/mol. The van der Waals surface area contributed by atoms with E-state index in [1.54, 1.807) is 7.05 Å². The lowest BCUT2D eigenvalue weighted by atomic mass is 9.76. The number of aromatic nitrogens is 4. The van der Waals surface area contributed by atoms with Gasteiger partial charge in [0.25, 0.3) is 0 Å². The van der Waals surface area contributed by atoms with Crippen LogP contribution < -0.4 is 5.32 Å². The van der Waals surface area contributed by atoms with Crippen molar-refractivity contribution >= 4 is 0 Å². The molecule has 114 valence electrons. The Bertz CT molecular complexity index is 576. The lowest BCUT2D eigenvalue weighted by molar-refractivity contribution is 0.337. The van der Waals surface area contributed by atoms with E-state index in [9.17, 15) is 4.39 Å². The van der Waals surface area contributed by atoms with Gasteiger partial charge in [0, 0.05) is 17.9 Å². The van der Waals surface area contributed by atoms with Gasteiger partial charge in [-0.05, 0) is 29.5 Å². The summed E-state index contributed by atoms with van der Waals surface area (Å²) in [4.78, 5) is 1.46. The molecule has 0 saturated heterocycles. The molecule has 6 heteroatoms. The molecule has 0 aliphatic rings. The fraction of sp³-hybridized carbons (Fsp3) is 0.533. The first-order valence-corrected chi connectivity index (χ1v) is 7.15. The van der Waals surface area contributed by atoms with E-state index >= 15 is 0 Å². The molecule has 0 bridgehead atoms. The smallest absolute Gasteiger partial charge is 0.176 e. The Morgan fingerprint density at radius 3 is 2.48 bits per heavy atom. The van der Waals surface area contributed by atoms with Crippen molar-refractivity contribution < 1.29 is 4.39 Å². The third kappa shape index (κ3) is 3.64. The fourth-order valence-corrected chi connectivity index (χ4v) is 2.50. The second-order valence-electron chi connectivity index (χ2n) is 5.74. The maximum absolute atomic E-state index is 13.1. The third-order valence-electron chi connectivity index (χ3n) is 3.85. The van der Waals surface area contributed by atoms with E-state index in [1.807, 2.05) is 12.1 Å². The second kappa shape index (κ2) is 6.30. The SMILES string of the molecule is CCNC(Cc1nnn(C)n1)C(C)(C)c1ccc(F)cc1. The molecule has 0 radical (unpaired) electrons. The number of benzene rings is 1. The molecule has 1 aromatic heterocycles. The number of likely N-dealkylation sites (N-methyl/N-ethyl adjacent to an activating group) is 1. The molecule has 5 nitrogen and oxygen atoms in total. The molecule has 0 amide bonds. The molecule has 0 aliphatic carbocycles. The third-order valence-corrected chi connectivity index (χ3v) is 3.85. The van der Waals surface area contributed by atoms with Crippen LogP contribution in [-0.4, -0.2) is 32.8 Å². The van der Waals surface area contributed by atoms with Gasteiger partial charge in [0.1, 0.15) is 5.82 Å². The zero-order chi connectivity index (χ0) is 15.5. The van der Waals surface area contributed by atoms with Crippen LogP contribution in [0.25, 0.3) is 0 Å². The van der Waals surface area contributed by atoms with Crippen LogP contribution >= 0.6 is 0 Å². The molecule has 1 heterocycles. The van der Waals surface area contributed by atoms with E-state index in [0.717, 1.165) is 12.1 Å². The first kappa shape index (κ1) is 15.6. The highest BCUT2D eigenvalue weighted by molar-refractivity contribution is 5.27. The van der Waals surface area contributed by atoms with Gasteiger partial charge in [-0.2, -0.15) is 4.80 Å². The maximum Gasteiger partial charge on any atom is 0.176 e. The first-order chi connectivity index (χ1) is 9.93. The van der Waals surface area contributed by atoms with Gasteiger partial charge in [0.2, 0.25) is 0 Å². The van der Waals surface area contributed by atoms with Crippen molar-refractivity contribution in [2.45, 2.75) is 38.6 Å². The Balaban J connectivity index is 2.24. The molecular formula is C15H22FN5. The van der Waals surface area contributed by atoms with E-state index in [-0.39, 0.29) is 17.3 Å². The molecule has 0 saturated carbocycles. The number of hydrogen-bond acceptors (Lipinski definition) is 4.